The van der Waals surface area contributed by atoms with Crippen LogP contribution >= 0.6 is 0 Å². The van der Waals surface area contributed by atoms with Crippen LogP contribution in [0.25, 0.3) is 0 Å². The first-order valence-corrected chi connectivity index (χ1v) is 7.43. The van der Waals surface area contributed by atoms with E-state index >= 15 is 0 Å². The van der Waals surface area contributed by atoms with Gasteiger partial charge in [0.05, 0.1) is 0 Å². The molecule has 104 valence electrons. The Morgan fingerprint density at radius 3 is 2.47 bits per heavy atom. The molecule has 1 saturated carbocycles. The second kappa shape index (κ2) is 6.23. The number of rotatable bonds is 4. The summed E-state index contributed by atoms with van der Waals surface area (Å²) in [4.78, 5) is 11.4. The lowest BCUT2D eigenvalue weighted by atomic mass is 9.75. The third-order valence-electron chi connectivity index (χ3n) is 4.60. The zero-order valence-electron chi connectivity index (χ0n) is 12.1. The van der Waals surface area contributed by atoms with Crippen molar-refractivity contribution in [3.63, 3.8) is 0 Å². The van der Waals surface area contributed by atoms with Crippen LogP contribution in [0.2, 0.25) is 0 Å². The monoisotopic (exact) mass is 259 g/mol. The van der Waals surface area contributed by atoms with Gasteiger partial charge in [-0.15, -0.1) is 0 Å². The number of carbonyl (C=O) groups excluding carboxylic acids is 1. The van der Waals surface area contributed by atoms with Crippen molar-refractivity contribution in [2.45, 2.75) is 58.3 Å². The number of amides is 1. The smallest absolute Gasteiger partial charge is 0.218 e. The van der Waals surface area contributed by atoms with Gasteiger partial charge in [-0.3, -0.25) is 4.79 Å². The van der Waals surface area contributed by atoms with Gasteiger partial charge in [0, 0.05) is 6.42 Å². The molecule has 2 heteroatoms. The maximum absolute atomic E-state index is 11.4. The summed E-state index contributed by atoms with van der Waals surface area (Å²) < 4.78 is 0. The third kappa shape index (κ3) is 3.59. The van der Waals surface area contributed by atoms with Crippen molar-refractivity contribution in [2.24, 2.45) is 11.7 Å². The highest BCUT2D eigenvalue weighted by Crippen LogP contribution is 2.38. The normalized spacial score (nSPS) is 18.2. The van der Waals surface area contributed by atoms with Crippen molar-refractivity contribution >= 4 is 5.91 Å². The van der Waals surface area contributed by atoms with Crippen LogP contribution in [-0.4, -0.2) is 5.91 Å². The minimum absolute atomic E-state index is 0.172. The fourth-order valence-corrected chi connectivity index (χ4v) is 3.31. The quantitative estimate of drug-likeness (QED) is 0.877. The average Bonchev–Trinajstić information content (AvgIpc) is 2.40. The van der Waals surface area contributed by atoms with E-state index in [2.05, 4.69) is 32.0 Å². The van der Waals surface area contributed by atoms with Crippen LogP contribution in [0.15, 0.2) is 18.2 Å². The Morgan fingerprint density at radius 2 is 1.89 bits per heavy atom. The molecule has 1 aromatic rings. The molecular formula is C17H25NO. The SMILES string of the molecule is Cc1ccc(C(CC(N)=O)C2CCCCC2)cc1C. The highest BCUT2D eigenvalue weighted by Gasteiger charge is 2.26. The van der Waals surface area contributed by atoms with Crippen LogP contribution in [0.3, 0.4) is 0 Å². The lowest BCUT2D eigenvalue weighted by Gasteiger charge is -2.30. The van der Waals surface area contributed by atoms with Crippen molar-refractivity contribution in [2.75, 3.05) is 0 Å². The van der Waals surface area contributed by atoms with Crippen LogP contribution < -0.4 is 5.73 Å². The molecule has 1 fully saturated rings. The van der Waals surface area contributed by atoms with Gasteiger partial charge in [-0.1, -0.05) is 37.5 Å². The first kappa shape index (κ1) is 14.1. The van der Waals surface area contributed by atoms with Gasteiger partial charge in [0.15, 0.2) is 0 Å². The zero-order valence-corrected chi connectivity index (χ0v) is 12.1. The summed E-state index contributed by atoms with van der Waals surface area (Å²) in [6.45, 7) is 4.27. The lowest BCUT2D eigenvalue weighted by Crippen LogP contribution is -2.23. The van der Waals surface area contributed by atoms with Gasteiger partial charge in [-0.05, 0) is 55.2 Å². The first-order valence-electron chi connectivity index (χ1n) is 7.43. The summed E-state index contributed by atoms with van der Waals surface area (Å²) in [5.74, 6) is 0.772. The number of benzene rings is 1. The molecule has 0 bridgehead atoms. The maximum Gasteiger partial charge on any atom is 0.218 e. The molecule has 1 atom stereocenters. The van der Waals surface area contributed by atoms with Crippen molar-refractivity contribution in [1.29, 1.82) is 0 Å². The fourth-order valence-electron chi connectivity index (χ4n) is 3.31. The van der Waals surface area contributed by atoms with E-state index in [-0.39, 0.29) is 5.91 Å². The first-order chi connectivity index (χ1) is 9.08. The number of aryl methyl sites for hydroxylation is 2. The summed E-state index contributed by atoms with van der Waals surface area (Å²) in [5, 5.41) is 0. The molecular weight excluding hydrogens is 234 g/mol. The standard InChI is InChI=1S/C17H25NO/c1-12-8-9-15(10-13(12)2)16(11-17(18)19)14-6-4-3-5-7-14/h8-10,14,16H,3-7,11H2,1-2H3,(H2,18,19). The van der Waals surface area contributed by atoms with E-state index in [1.807, 2.05) is 0 Å². The second-order valence-corrected chi connectivity index (χ2v) is 6.02. The molecule has 0 spiro atoms. The van der Waals surface area contributed by atoms with E-state index in [1.54, 1.807) is 0 Å². The summed E-state index contributed by atoms with van der Waals surface area (Å²) in [6, 6.07) is 6.60. The highest BCUT2D eigenvalue weighted by atomic mass is 16.1. The Labute approximate surface area is 116 Å². The molecule has 0 aliphatic heterocycles. The molecule has 2 N–H and O–H groups in total. The van der Waals surface area contributed by atoms with Gasteiger partial charge in [-0.25, -0.2) is 0 Å². The highest BCUT2D eigenvalue weighted by molar-refractivity contribution is 5.74. The summed E-state index contributed by atoms with van der Waals surface area (Å²) >= 11 is 0. The Hall–Kier alpha value is -1.31. The predicted octanol–water partition coefficient (Wildman–Crippen LogP) is 3.84. The Morgan fingerprint density at radius 1 is 1.21 bits per heavy atom. The molecule has 0 aromatic heterocycles. The molecule has 2 rings (SSSR count). The molecule has 1 amide bonds. The van der Waals surface area contributed by atoms with E-state index in [0.29, 0.717) is 18.3 Å². The molecule has 1 aromatic carbocycles. The summed E-state index contributed by atoms with van der Waals surface area (Å²) in [7, 11) is 0. The number of primary amides is 1. The van der Waals surface area contributed by atoms with Crippen molar-refractivity contribution in [3.05, 3.63) is 34.9 Å². The number of hydrogen-bond donors (Lipinski definition) is 1. The predicted molar refractivity (Wildman–Crippen MR) is 79.0 cm³/mol. The van der Waals surface area contributed by atoms with Crippen molar-refractivity contribution in [1.82, 2.24) is 0 Å². The van der Waals surface area contributed by atoms with Crippen LogP contribution in [-0.2, 0) is 4.79 Å². The molecule has 1 aliphatic rings. The maximum atomic E-state index is 11.4. The van der Waals surface area contributed by atoms with Gasteiger partial charge in [0.2, 0.25) is 5.91 Å². The van der Waals surface area contributed by atoms with E-state index in [9.17, 15) is 4.79 Å². The van der Waals surface area contributed by atoms with E-state index < -0.39 is 0 Å². The van der Waals surface area contributed by atoms with E-state index in [0.717, 1.165) is 0 Å². The molecule has 1 unspecified atom stereocenters. The van der Waals surface area contributed by atoms with Gasteiger partial charge in [-0.2, -0.15) is 0 Å². The topological polar surface area (TPSA) is 43.1 Å². The summed E-state index contributed by atoms with van der Waals surface area (Å²) in [6.07, 6.45) is 6.91. The molecule has 0 radical (unpaired) electrons. The van der Waals surface area contributed by atoms with Crippen molar-refractivity contribution < 1.29 is 4.79 Å². The number of nitrogens with two attached hydrogens (primary N) is 1. The van der Waals surface area contributed by atoms with Crippen LogP contribution in [0, 0.1) is 19.8 Å². The lowest BCUT2D eigenvalue weighted by molar-refractivity contribution is -0.118. The van der Waals surface area contributed by atoms with Gasteiger partial charge in [0.1, 0.15) is 0 Å². The van der Waals surface area contributed by atoms with Crippen LogP contribution in [0.4, 0.5) is 0 Å². The average molecular weight is 259 g/mol. The Balaban J connectivity index is 2.24. The molecule has 1 aliphatic carbocycles. The summed E-state index contributed by atoms with van der Waals surface area (Å²) in [5.41, 5.74) is 9.38. The number of hydrogen-bond acceptors (Lipinski definition) is 1. The minimum atomic E-state index is -0.172. The fraction of sp³-hybridized carbons (Fsp3) is 0.588. The van der Waals surface area contributed by atoms with E-state index in [4.69, 9.17) is 5.73 Å². The third-order valence-corrected chi connectivity index (χ3v) is 4.60. The van der Waals surface area contributed by atoms with Crippen molar-refractivity contribution in [3.8, 4) is 0 Å². The van der Waals surface area contributed by atoms with Crippen LogP contribution in [0.1, 0.15) is 61.1 Å². The second-order valence-electron chi connectivity index (χ2n) is 6.02. The minimum Gasteiger partial charge on any atom is -0.370 e. The number of carbonyl (C=O) groups is 1. The largest absolute Gasteiger partial charge is 0.370 e. The Kier molecular flexibility index (Phi) is 4.62. The van der Waals surface area contributed by atoms with Crippen LogP contribution in [0.5, 0.6) is 0 Å². The molecule has 0 saturated heterocycles. The zero-order chi connectivity index (χ0) is 13.8. The Bertz CT molecular complexity index is 447. The van der Waals surface area contributed by atoms with Gasteiger partial charge >= 0.3 is 0 Å². The molecule has 0 heterocycles. The molecule has 2 nitrogen and oxygen atoms in total. The van der Waals surface area contributed by atoms with Gasteiger partial charge < -0.3 is 5.73 Å². The van der Waals surface area contributed by atoms with E-state index in [1.165, 1.54) is 48.8 Å². The molecule has 19 heavy (non-hydrogen) atoms. The van der Waals surface area contributed by atoms with Gasteiger partial charge in [0.25, 0.3) is 0 Å².